The molecule has 1 fully saturated rings. The van der Waals surface area contributed by atoms with Gasteiger partial charge in [0, 0.05) is 24.7 Å². The Morgan fingerprint density at radius 2 is 2.05 bits per heavy atom. The summed E-state index contributed by atoms with van der Waals surface area (Å²) in [7, 11) is -0.916. The molecule has 0 aliphatic heterocycles. The highest BCUT2D eigenvalue weighted by Gasteiger charge is 2.32. The molecule has 3 unspecified atom stereocenters. The third kappa shape index (κ3) is 4.78. The van der Waals surface area contributed by atoms with E-state index in [0.717, 1.165) is 38.5 Å². The second kappa shape index (κ2) is 7.36. The molecule has 4 nitrogen and oxygen atoms in total. The van der Waals surface area contributed by atoms with Crippen LogP contribution in [0.5, 0.6) is 0 Å². The Morgan fingerprint density at radius 3 is 2.67 bits per heavy atom. The van der Waals surface area contributed by atoms with E-state index in [1.807, 2.05) is 31.6 Å². The molecule has 0 saturated heterocycles. The molecule has 1 heterocycles. The van der Waals surface area contributed by atoms with E-state index in [1.165, 1.54) is 11.8 Å². The summed E-state index contributed by atoms with van der Waals surface area (Å²) >= 11 is 0. The summed E-state index contributed by atoms with van der Waals surface area (Å²) < 4.78 is 23.6. The van der Waals surface area contributed by atoms with Crippen LogP contribution in [0, 0.1) is 5.92 Å². The molecule has 1 aliphatic rings. The van der Waals surface area contributed by atoms with E-state index in [-0.39, 0.29) is 5.25 Å². The normalized spacial score (nSPS) is 24.7. The maximum Gasteiger partial charge on any atom is 0.150 e. The maximum atomic E-state index is 11.8. The first-order valence-corrected chi connectivity index (χ1v) is 9.71. The van der Waals surface area contributed by atoms with E-state index in [0.29, 0.717) is 12.0 Å². The van der Waals surface area contributed by atoms with Crippen LogP contribution in [0.2, 0.25) is 0 Å². The van der Waals surface area contributed by atoms with Crippen molar-refractivity contribution in [3.05, 3.63) is 30.1 Å². The fourth-order valence-corrected chi connectivity index (χ4v) is 4.61. The van der Waals surface area contributed by atoms with E-state index in [4.69, 9.17) is 0 Å². The lowest BCUT2D eigenvalue weighted by molar-refractivity contribution is 0.269. The second-order valence-electron chi connectivity index (χ2n) is 6.17. The fourth-order valence-electron chi connectivity index (χ4n) is 3.42. The van der Waals surface area contributed by atoms with Crippen LogP contribution in [0.3, 0.4) is 0 Å². The largest absolute Gasteiger partial charge is 0.317 e. The van der Waals surface area contributed by atoms with Gasteiger partial charge in [0.1, 0.15) is 9.84 Å². The van der Waals surface area contributed by atoms with Crippen LogP contribution >= 0.6 is 0 Å². The van der Waals surface area contributed by atoms with Crippen molar-refractivity contribution in [1.82, 2.24) is 10.3 Å². The molecule has 0 amide bonds. The molecule has 0 bridgehead atoms. The number of aryl methyl sites for hydroxylation is 1. The van der Waals surface area contributed by atoms with Crippen molar-refractivity contribution in [3.63, 3.8) is 0 Å². The molecule has 1 aliphatic carbocycles. The fraction of sp³-hybridized carbons (Fsp3) is 0.688. The zero-order valence-electron chi connectivity index (χ0n) is 13.0. The van der Waals surface area contributed by atoms with Crippen molar-refractivity contribution >= 4 is 9.84 Å². The molecule has 3 atom stereocenters. The highest BCUT2D eigenvalue weighted by molar-refractivity contribution is 7.91. The quantitative estimate of drug-likeness (QED) is 0.875. The minimum Gasteiger partial charge on any atom is -0.317 e. The SMILES string of the molecule is CNC(CCc1ccncc1)C1CCCC(S(C)(=O)=O)C1. The minimum absolute atomic E-state index is 0.145. The summed E-state index contributed by atoms with van der Waals surface area (Å²) in [6.45, 7) is 0. The zero-order valence-corrected chi connectivity index (χ0v) is 13.8. The van der Waals surface area contributed by atoms with Crippen molar-refractivity contribution < 1.29 is 8.42 Å². The first kappa shape index (κ1) is 16.4. The summed E-state index contributed by atoms with van der Waals surface area (Å²) in [4.78, 5) is 4.04. The summed E-state index contributed by atoms with van der Waals surface area (Å²) in [5.41, 5.74) is 1.29. The Labute approximate surface area is 128 Å². The van der Waals surface area contributed by atoms with Crippen LogP contribution in [0.1, 0.15) is 37.7 Å². The molecule has 2 rings (SSSR count). The van der Waals surface area contributed by atoms with E-state index in [1.54, 1.807) is 0 Å². The smallest absolute Gasteiger partial charge is 0.150 e. The Bertz CT molecular complexity index is 530. The van der Waals surface area contributed by atoms with Crippen LogP contribution in [0.15, 0.2) is 24.5 Å². The zero-order chi connectivity index (χ0) is 15.3. The van der Waals surface area contributed by atoms with Gasteiger partial charge in [-0.2, -0.15) is 0 Å². The summed E-state index contributed by atoms with van der Waals surface area (Å²) in [5.74, 6) is 0.463. The maximum absolute atomic E-state index is 11.8. The second-order valence-corrected chi connectivity index (χ2v) is 8.49. The van der Waals surface area contributed by atoms with Crippen LogP contribution < -0.4 is 5.32 Å². The Balaban J connectivity index is 1.94. The molecule has 0 radical (unpaired) electrons. The molecule has 118 valence electrons. The molecular formula is C16H26N2O2S. The van der Waals surface area contributed by atoms with E-state index >= 15 is 0 Å². The van der Waals surface area contributed by atoms with Gasteiger partial charge in [0.05, 0.1) is 5.25 Å². The molecule has 0 spiro atoms. The lowest BCUT2D eigenvalue weighted by Crippen LogP contribution is -2.39. The van der Waals surface area contributed by atoms with Gasteiger partial charge >= 0.3 is 0 Å². The van der Waals surface area contributed by atoms with E-state index in [9.17, 15) is 8.42 Å². The van der Waals surface area contributed by atoms with Gasteiger partial charge in [0.15, 0.2) is 0 Å². The third-order valence-electron chi connectivity index (χ3n) is 4.71. The molecule has 1 aromatic heterocycles. The van der Waals surface area contributed by atoms with Crippen LogP contribution in [0.25, 0.3) is 0 Å². The molecule has 0 aromatic carbocycles. The topological polar surface area (TPSA) is 59.1 Å². The Hall–Kier alpha value is -0.940. The number of nitrogens with zero attached hydrogens (tertiary/aromatic N) is 1. The van der Waals surface area contributed by atoms with Crippen LogP contribution in [0.4, 0.5) is 0 Å². The Morgan fingerprint density at radius 1 is 1.33 bits per heavy atom. The van der Waals surface area contributed by atoms with Gasteiger partial charge in [-0.3, -0.25) is 4.98 Å². The first-order chi connectivity index (χ1) is 10.0. The lowest BCUT2D eigenvalue weighted by Gasteiger charge is -2.34. The standard InChI is InChI=1S/C16H26N2O2S/c1-17-16(7-6-13-8-10-18-11-9-13)14-4-3-5-15(12-14)21(2,19)20/h8-11,14-17H,3-7,12H2,1-2H3. The number of sulfone groups is 1. The molecule has 1 saturated carbocycles. The molecule has 1 aromatic rings. The molecule has 1 N–H and O–H groups in total. The summed E-state index contributed by atoms with van der Waals surface area (Å²) in [6, 6.07) is 4.49. The van der Waals surface area contributed by atoms with Gasteiger partial charge in [-0.15, -0.1) is 0 Å². The Kier molecular flexibility index (Phi) is 5.76. The van der Waals surface area contributed by atoms with E-state index < -0.39 is 9.84 Å². The van der Waals surface area contributed by atoms with Gasteiger partial charge in [-0.05, 0) is 62.8 Å². The number of rotatable bonds is 6. The summed E-state index contributed by atoms with van der Waals surface area (Å²) in [5, 5.41) is 3.26. The number of nitrogens with one attached hydrogen (secondary N) is 1. The number of aromatic nitrogens is 1. The highest BCUT2D eigenvalue weighted by Crippen LogP contribution is 2.31. The van der Waals surface area contributed by atoms with Crippen molar-refractivity contribution in [3.8, 4) is 0 Å². The van der Waals surface area contributed by atoms with Gasteiger partial charge in [0.2, 0.25) is 0 Å². The van der Waals surface area contributed by atoms with Crippen molar-refractivity contribution in [1.29, 1.82) is 0 Å². The van der Waals surface area contributed by atoms with Gasteiger partial charge in [-0.1, -0.05) is 6.42 Å². The van der Waals surface area contributed by atoms with Crippen molar-refractivity contribution in [2.45, 2.75) is 49.8 Å². The molecule has 21 heavy (non-hydrogen) atoms. The van der Waals surface area contributed by atoms with Crippen molar-refractivity contribution in [2.75, 3.05) is 13.3 Å². The minimum atomic E-state index is -2.90. The van der Waals surface area contributed by atoms with Gasteiger partial charge < -0.3 is 5.32 Å². The number of hydrogen-bond acceptors (Lipinski definition) is 4. The molecular weight excluding hydrogens is 284 g/mol. The predicted molar refractivity (Wildman–Crippen MR) is 86.0 cm³/mol. The summed E-state index contributed by atoms with van der Waals surface area (Å²) in [6.07, 6.45) is 10.9. The predicted octanol–water partition coefficient (Wildman–Crippen LogP) is 2.21. The number of hydrogen-bond donors (Lipinski definition) is 1. The van der Waals surface area contributed by atoms with E-state index in [2.05, 4.69) is 10.3 Å². The van der Waals surface area contributed by atoms with Crippen molar-refractivity contribution in [2.24, 2.45) is 5.92 Å². The van der Waals surface area contributed by atoms with Gasteiger partial charge in [-0.25, -0.2) is 8.42 Å². The number of pyridine rings is 1. The monoisotopic (exact) mass is 310 g/mol. The van der Waals surface area contributed by atoms with Crippen LogP contribution in [-0.2, 0) is 16.3 Å². The third-order valence-corrected chi connectivity index (χ3v) is 6.34. The van der Waals surface area contributed by atoms with Gasteiger partial charge in [0.25, 0.3) is 0 Å². The highest BCUT2D eigenvalue weighted by atomic mass is 32.2. The average Bonchev–Trinajstić information content (AvgIpc) is 2.48. The first-order valence-electron chi connectivity index (χ1n) is 7.75. The molecule has 5 heteroatoms. The lowest BCUT2D eigenvalue weighted by atomic mass is 9.81. The average molecular weight is 310 g/mol. The van der Waals surface area contributed by atoms with Crippen LogP contribution in [-0.4, -0.2) is 38.0 Å².